The van der Waals surface area contributed by atoms with E-state index in [4.69, 9.17) is 16.1 Å². The summed E-state index contributed by atoms with van der Waals surface area (Å²) in [6.45, 7) is 3.13. The van der Waals surface area contributed by atoms with E-state index >= 15 is 0 Å². The number of nitrogens with two attached hydrogens (primary N) is 1. The zero-order valence-electron chi connectivity index (χ0n) is 24.5. The van der Waals surface area contributed by atoms with Crippen molar-refractivity contribution in [2.75, 3.05) is 29.9 Å². The van der Waals surface area contributed by atoms with Gasteiger partial charge in [-0.25, -0.2) is 14.8 Å². The normalized spacial score (nSPS) is 14.8. The number of carbonyl (C=O) groups excluding carboxylic acids is 1. The molecule has 4 aromatic rings. The van der Waals surface area contributed by atoms with E-state index in [2.05, 4.69) is 15.2 Å². The van der Waals surface area contributed by atoms with E-state index in [1.54, 1.807) is 18.3 Å². The number of nitrogen functional groups attached to an aromatic ring is 1. The number of imidazole rings is 1. The number of nitrogens with zero attached hydrogens (tertiary/aromatic N) is 5. The van der Waals surface area contributed by atoms with Crippen molar-refractivity contribution in [1.82, 2.24) is 19.4 Å². The molecule has 3 heterocycles. The number of carboxylic acid groups (broad SMARTS) is 1. The highest BCUT2D eigenvalue weighted by molar-refractivity contribution is 6.01. The van der Waals surface area contributed by atoms with Gasteiger partial charge in [-0.1, -0.05) is 30.3 Å². The molecule has 11 nitrogen and oxygen atoms in total. The number of nitrogens with one attached hydrogen (secondary N) is 2. The van der Waals surface area contributed by atoms with Gasteiger partial charge in [-0.2, -0.15) is 0 Å². The molecule has 5 N–H and O–H groups in total. The minimum absolute atomic E-state index is 0.0425. The van der Waals surface area contributed by atoms with Crippen molar-refractivity contribution in [1.29, 1.82) is 5.41 Å². The minimum atomic E-state index is -1.07. The van der Waals surface area contributed by atoms with Crippen LogP contribution in [0.15, 0.2) is 66.9 Å². The van der Waals surface area contributed by atoms with Gasteiger partial charge < -0.3 is 20.7 Å². The lowest BCUT2D eigenvalue weighted by atomic mass is 10.0. The minimum Gasteiger partial charge on any atom is -0.480 e. The third-order valence-electron chi connectivity index (χ3n) is 8.11. The summed E-state index contributed by atoms with van der Waals surface area (Å²) in [4.78, 5) is 38.3. The lowest BCUT2D eigenvalue weighted by Gasteiger charge is -2.34. The number of hydrogen-bond donors (Lipinski definition) is 4. The van der Waals surface area contributed by atoms with Crippen LogP contribution in [0.2, 0.25) is 0 Å². The molecule has 5 rings (SSSR count). The van der Waals surface area contributed by atoms with Gasteiger partial charge >= 0.3 is 5.97 Å². The molecule has 0 aliphatic carbocycles. The summed E-state index contributed by atoms with van der Waals surface area (Å²) in [6.07, 6.45) is 4.94. The number of aromatic nitrogens is 3. The predicted molar refractivity (Wildman–Crippen MR) is 167 cm³/mol. The molecule has 224 valence electrons. The molecule has 1 aliphatic heterocycles. The van der Waals surface area contributed by atoms with Crippen LogP contribution in [0.5, 0.6) is 0 Å². The van der Waals surface area contributed by atoms with Crippen LogP contribution in [-0.2, 0) is 29.5 Å². The molecular weight excluding hydrogens is 544 g/mol. The Morgan fingerprint density at radius 3 is 2.51 bits per heavy atom. The molecule has 2 aromatic carbocycles. The fraction of sp³-hybridized carbons (Fsp3) is 0.344. The maximum Gasteiger partial charge on any atom is 0.326 e. The van der Waals surface area contributed by atoms with Gasteiger partial charge in [0.15, 0.2) is 0 Å². The molecule has 1 saturated heterocycles. The van der Waals surface area contributed by atoms with Crippen LogP contribution in [0.4, 0.5) is 11.5 Å². The van der Waals surface area contributed by atoms with Crippen LogP contribution in [-0.4, -0.2) is 74.0 Å². The Bertz CT molecular complexity index is 1590. The molecule has 1 fully saturated rings. The quantitative estimate of drug-likeness (QED) is 0.155. The Kier molecular flexibility index (Phi) is 9.01. The van der Waals surface area contributed by atoms with Gasteiger partial charge in [-0.3, -0.25) is 20.0 Å². The van der Waals surface area contributed by atoms with Gasteiger partial charge in [0, 0.05) is 50.0 Å². The molecule has 0 bridgehead atoms. The van der Waals surface area contributed by atoms with Crippen LogP contribution in [0.3, 0.4) is 0 Å². The van der Waals surface area contributed by atoms with Crippen LogP contribution < -0.4 is 16.0 Å². The molecule has 0 saturated carbocycles. The summed E-state index contributed by atoms with van der Waals surface area (Å²) >= 11 is 0. The molecular formula is C32H38N8O3. The second-order valence-electron chi connectivity index (χ2n) is 11.1. The van der Waals surface area contributed by atoms with Crippen molar-refractivity contribution < 1.29 is 14.7 Å². The van der Waals surface area contributed by atoms with E-state index in [9.17, 15) is 14.7 Å². The Balaban J connectivity index is 1.27. The van der Waals surface area contributed by atoms with Crippen LogP contribution in [0, 0.1) is 5.41 Å². The first-order valence-corrected chi connectivity index (χ1v) is 14.5. The van der Waals surface area contributed by atoms with Crippen LogP contribution >= 0.6 is 0 Å². The van der Waals surface area contributed by atoms with Gasteiger partial charge in [0.25, 0.3) is 0 Å². The molecule has 0 spiro atoms. The van der Waals surface area contributed by atoms with E-state index in [0.29, 0.717) is 23.2 Å². The average molecular weight is 583 g/mol. The van der Waals surface area contributed by atoms with Crippen LogP contribution in [0.25, 0.3) is 11.0 Å². The number of fused-ring (bicyclic) bond motifs is 1. The summed E-state index contributed by atoms with van der Waals surface area (Å²) in [6, 6.07) is 18.1. The lowest BCUT2D eigenvalue weighted by Crippen LogP contribution is -2.50. The highest BCUT2D eigenvalue weighted by Gasteiger charge is 2.30. The van der Waals surface area contributed by atoms with Crippen molar-refractivity contribution in [2.45, 2.75) is 44.7 Å². The van der Waals surface area contributed by atoms with E-state index < -0.39 is 12.0 Å². The Hall–Kier alpha value is -4.77. The monoisotopic (exact) mass is 582 g/mol. The summed E-state index contributed by atoms with van der Waals surface area (Å²) in [5.41, 5.74) is 9.49. The van der Waals surface area contributed by atoms with Crippen molar-refractivity contribution in [3.63, 3.8) is 0 Å². The standard InChI is InChI=1S/C32H38N8O3/c1-21(32(42)43)40(30(41)20-39-17-14-24(15-18-39)36-28-5-3-4-16-35-28)25-11-12-27-26(19-25)37-29(38(27)2)13-8-22-6-9-23(10-7-22)31(33)34/h3-7,9-12,16,19,21,24H,8,13-15,17-18,20H2,1-2H3,(H3,33,34)(H,35,36)(H,42,43). The summed E-state index contributed by atoms with van der Waals surface area (Å²) < 4.78 is 2.03. The first-order valence-electron chi connectivity index (χ1n) is 14.5. The van der Waals surface area contributed by atoms with Gasteiger partial charge in [-0.15, -0.1) is 0 Å². The third kappa shape index (κ3) is 7.00. The van der Waals surface area contributed by atoms with E-state index in [0.717, 1.165) is 55.1 Å². The maximum absolute atomic E-state index is 13.6. The van der Waals surface area contributed by atoms with Gasteiger partial charge in [0.05, 0.1) is 17.6 Å². The molecule has 1 atom stereocenters. The van der Waals surface area contributed by atoms with Crippen molar-refractivity contribution in [3.8, 4) is 0 Å². The number of rotatable bonds is 11. The number of anilines is 2. The first kappa shape index (κ1) is 29.7. The van der Waals surface area contributed by atoms with Gasteiger partial charge in [0.2, 0.25) is 5.91 Å². The number of hydrogen-bond acceptors (Lipinski definition) is 7. The van der Waals surface area contributed by atoms with Crippen molar-refractivity contribution >= 4 is 40.3 Å². The maximum atomic E-state index is 13.6. The van der Waals surface area contributed by atoms with Crippen molar-refractivity contribution in [2.24, 2.45) is 12.8 Å². The van der Waals surface area contributed by atoms with Gasteiger partial charge in [0.1, 0.15) is 23.5 Å². The molecule has 1 aliphatic rings. The fourth-order valence-electron chi connectivity index (χ4n) is 5.57. The Morgan fingerprint density at radius 2 is 1.86 bits per heavy atom. The zero-order chi connectivity index (χ0) is 30.5. The number of amidine groups is 1. The smallest absolute Gasteiger partial charge is 0.326 e. The Labute approximate surface area is 250 Å². The molecule has 11 heteroatoms. The largest absolute Gasteiger partial charge is 0.480 e. The lowest BCUT2D eigenvalue weighted by molar-refractivity contribution is -0.139. The third-order valence-corrected chi connectivity index (χ3v) is 8.11. The van der Waals surface area contributed by atoms with E-state index in [1.807, 2.05) is 60.1 Å². The molecule has 2 aromatic heterocycles. The van der Waals surface area contributed by atoms with E-state index in [1.165, 1.54) is 11.8 Å². The topological polar surface area (TPSA) is 153 Å². The van der Waals surface area contributed by atoms with E-state index in [-0.39, 0.29) is 24.3 Å². The highest BCUT2D eigenvalue weighted by atomic mass is 16.4. The number of piperidine rings is 1. The summed E-state index contributed by atoms with van der Waals surface area (Å²) in [5, 5.41) is 20.9. The number of likely N-dealkylation sites (tertiary alicyclic amines) is 1. The predicted octanol–water partition coefficient (Wildman–Crippen LogP) is 3.42. The van der Waals surface area contributed by atoms with Gasteiger partial charge in [-0.05, 0) is 62.1 Å². The zero-order valence-corrected chi connectivity index (χ0v) is 24.5. The number of aryl methyl sites for hydroxylation is 3. The Morgan fingerprint density at radius 1 is 1.12 bits per heavy atom. The SMILES string of the molecule is CC(C(=O)O)N(C(=O)CN1CCC(Nc2ccccn2)CC1)c1ccc2c(c1)nc(CCc1ccc(C(=N)N)cc1)n2C. The van der Waals surface area contributed by atoms with Crippen LogP contribution in [0.1, 0.15) is 36.7 Å². The first-order chi connectivity index (χ1) is 20.7. The second kappa shape index (κ2) is 13.0. The molecule has 43 heavy (non-hydrogen) atoms. The summed E-state index contributed by atoms with van der Waals surface area (Å²) in [5.74, 6) is 0.449. The van der Waals surface area contributed by atoms with Crippen molar-refractivity contribution in [3.05, 3.63) is 83.8 Å². The number of aliphatic carboxylic acids is 1. The molecule has 1 unspecified atom stereocenters. The number of benzene rings is 2. The molecule has 0 radical (unpaired) electrons. The average Bonchev–Trinajstić information content (AvgIpc) is 3.32. The summed E-state index contributed by atoms with van der Waals surface area (Å²) in [7, 11) is 1.96. The highest BCUT2D eigenvalue weighted by Crippen LogP contribution is 2.26. The second-order valence-corrected chi connectivity index (χ2v) is 11.1. The number of carboxylic acids is 1. The number of carbonyl (C=O) groups is 2. The molecule has 1 amide bonds. The number of amides is 1. The fourth-order valence-corrected chi connectivity index (χ4v) is 5.57. The number of pyridine rings is 1.